The van der Waals surface area contributed by atoms with Crippen molar-refractivity contribution in [3.05, 3.63) is 33.9 Å². The summed E-state index contributed by atoms with van der Waals surface area (Å²) in [5, 5.41) is 10.8. The molecular weight excluding hydrogens is 279 g/mol. The zero-order chi connectivity index (χ0) is 15.3. The van der Waals surface area contributed by atoms with Crippen LogP contribution in [0.3, 0.4) is 0 Å². The molecule has 1 rings (SSSR count). The summed E-state index contributed by atoms with van der Waals surface area (Å²) in [5.41, 5.74) is -0.497. The summed E-state index contributed by atoms with van der Waals surface area (Å²) in [5.74, 6) is -0.413. The number of carbonyl (C=O) groups is 1. The molecule has 0 saturated carbocycles. The molecule has 0 saturated heterocycles. The average molecular weight is 291 g/mol. The number of hydrogen-bond donors (Lipinski definition) is 0. The Kier molecular flexibility index (Phi) is 5.06. The maximum Gasteiger partial charge on any atom is 0.389 e. The molecule has 20 heavy (non-hydrogen) atoms. The predicted molar refractivity (Wildman–Crippen MR) is 63.9 cm³/mol. The van der Waals surface area contributed by atoms with E-state index in [9.17, 15) is 28.1 Å². The zero-order valence-electron chi connectivity index (χ0n) is 10.6. The van der Waals surface area contributed by atoms with Gasteiger partial charge in [-0.2, -0.15) is 13.2 Å². The molecule has 0 spiro atoms. The molecule has 0 amide bonds. The Morgan fingerprint density at radius 3 is 2.55 bits per heavy atom. The number of nitro benzene ring substituents is 1. The first-order chi connectivity index (χ1) is 9.20. The molecule has 0 N–H and O–H groups in total. The van der Waals surface area contributed by atoms with E-state index in [1.165, 1.54) is 19.1 Å². The van der Waals surface area contributed by atoms with E-state index in [0.717, 1.165) is 6.07 Å². The van der Waals surface area contributed by atoms with Gasteiger partial charge in [-0.15, -0.1) is 0 Å². The van der Waals surface area contributed by atoms with Crippen molar-refractivity contribution in [2.75, 3.05) is 6.61 Å². The van der Waals surface area contributed by atoms with Gasteiger partial charge in [-0.05, 0) is 25.5 Å². The van der Waals surface area contributed by atoms with Crippen LogP contribution < -0.4 is 4.74 Å². The van der Waals surface area contributed by atoms with Gasteiger partial charge in [0.2, 0.25) is 0 Å². The van der Waals surface area contributed by atoms with Gasteiger partial charge in [0, 0.05) is 6.42 Å². The van der Waals surface area contributed by atoms with E-state index in [1.54, 1.807) is 0 Å². The second-order valence-corrected chi connectivity index (χ2v) is 4.06. The lowest BCUT2D eigenvalue weighted by Gasteiger charge is -2.08. The highest BCUT2D eigenvalue weighted by atomic mass is 19.4. The quantitative estimate of drug-likeness (QED) is 0.348. The Labute approximate surface area is 112 Å². The maximum absolute atomic E-state index is 11.9. The molecule has 0 aliphatic carbocycles. The fourth-order valence-electron chi connectivity index (χ4n) is 1.51. The first-order valence-corrected chi connectivity index (χ1v) is 5.69. The smallest absolute Gasteiger partial charge is 0.389 e. The molecule has 0 heterocycles. The Morgan fingerprint density at radius 2 is 2.05 bits per heavy atom. The van der Waals surface area contributed by atoms with Gasteiger partial charge in [0.1, 0.15) is 5.75 Å². The third-order valence-corrected chi connectivity index (χ3v) is 2.42. The molecule has 8 heteroatoms. The number of hydrogen-bond acceptors (Lipinski definition) is 4. The van der Waals surface area contributed by atoms with Crippen LogP contribution in [0.2, 0.25) is 0 Å². The molecule has 0 aliphatic rings. The minimum absolute atomic E-state index is 0.0591. The molecule has 110 valence electrons. The van der Waals surface area contributed by atoms with Crippen LogP contribution in [-0.4, -0.2) is 23.5 Å². The number of nitro groups is 1. The van der Waals surface area contributed by atoms with Gasteiger partial charge in [0.05, 0.1) is 23.2 Å². The van der Waals surface area contributed by atoms with Crippen LogP contribution in [0.15, 0.2) is 18.2 Å². The standard InChI is InChI=1S/C12H12F3NO4/c1-8(17)10-4-3-9(7-11(10)16(18)19)20-6-2-5-12(13,14)15/h3-4,7H,2,5-6H2,1H3. The topological polar surface area (TPSA) is 69.4 Å². The molecule has 5 nitrogen and oxygen atoms in total. The third-order valence-electron chi connectivity index (χ3n) is 2.42. The van der Waals surface area contributed by atoms with Gasteiger partial charge < -0.3 is 4.74 Å². The van der Waals surface area contributed by atoms with E-state index in [-0.39, 0.29) is 24.3 Å². The monoisotopic (exact) mass is 291 g/mol. The average Bonchev–Trinajstić information content (AvgIpc) is 2.33. The summed E-state index contributed by atoms with van der Waals surface area (Å²) in [6.45, 7) is 0.974. The molecule has 0 fully saturated rings. The lowest BCUT2D eigenvalue weighted by Crippen LogP contribution is -2.10. The number of ketones is 1. The molecule has 0 aromatic heterocycles. The van der Waals surface area contributed by atoms with Crippen molar-refractivity contribution >= 4 is 11.5 Å². The van der Waals surface area contributed by atoms with Crippen LogP contribution in [0.25, 0.3) is 0 Å². The third kappa shape index (κ3) is 4.87. The van der Waals surface area contributed by atoms with E-state index in [2.05, 4.69) is 0 Å². The molecule has 1 aromatic rings. The molecule has 0 atom stereocenters. The molecule has 0 bridgehead atoms. The number of rotatable bonds is 6. The summed E-state index contributed by atoms with van der Waals surface area (Å²) in [6.07, 6.45) is -5.49. The fourth-order valence-corrected chi connectivity index (χ4v) is 1.51. The SMILES string of the molecule is CC(=O)c1ccc(OCCCC(F)(F)F)cc1[N+](=O)[O-]. The number of ether oxygens (including phenoxy) is 1. The van der Waals surface area contributed by atoms with Crippen molar-refractivity contribution in [2.45, 2.75) is 25.9 Å². The number of nitrogens with zero attached hydrogens (tertiary/aromatic N) is 1. The molecule has 1 aromatic carbocycles. The summed E-state index contributed by atoms with van der Waals surface area (Å²) in [7, 11) is 0. The Bertz CT molecular complexity index is 514. The molecule has 0 aliphatic heterocycles. The van der Waals surface area contributed by atoms with Gasteiger partial charge >= 0.3 is 6.18 Å². The lowest BCUT2D eigenvalue weighted by atomic mass is 10.1. The van der Waals surface area contributed by atoms with Crippen LogP contribution in [0.1, 0.15) is 30.1 Å². The number of alkyl halides is 3. The minimum atomic E-state index is -4.26. The summed E-state index contributed by atoms with van der Waals surface area (Å²) in [6, 6.07) is 3.57. The first-order valence-electron chi connectivity index (χ1n) is 5.69. The number of benzene rings is 1. The Morgan fingerprint density at radius 1 is 1.40 bits per heavy atom. The highest BCUT2D eigenvalue weighted by Crippen LogP contribution is 2.26. The minimum Gasteiger partial charge on any atom is -0.493 e. The fraction of sp³-hybridized carbons (Fsp3) is 0.417. The second kappa shape index (κ2) is 6.36. The van der Waals surface area contributed by atoms with Gasteiger partial charge in [-0.1, -0.05) is 0 Å². The summed E-state index contributed by atoms with van der Waals surface area (Å²) in [4.78, 5) is 21.2. The van der Waals surface area contributed by atoms with E-state index >= 15 is 0 Å². The van der Waals surface area contributed by atoms with Crippen LogP contribution in [-0.2, 0) is 0 Å². The second-order valence-electron chi connectivity index (χ2n) is 4.06. The van der Waals surface area contributed by atoms with Crippen LogP contribution in [0.5, 0.6) is 5.75 Å². The first kappa shape index (κ1) is 15.9. The highest BCUT2D eigenvalue weighted by Gasteiger charge is 2.26. The van der Waals surface area contributed by atoms with Gasteiger partial charge in [0.15, 0.2) is 5.78 Å². The van der Waals surface area contributed by atoms with Crippen molar-refractivity contribution in [3.8, 4) is 5.75 Å². The molecule has 0 radical (unpaired) electrons. The van der Waals surface area contributed by atoms with E-state index in [1.807, 2.05) is 0 Å². The van der Waals surface area contributed by atoms with Crippen molar-refractivity contribution in [1.29, 1.82) is 0 Å². The Hall–Kier alpha value is -2.12. The van der Waals surface area contributed by atoms with Crippen LogP contribution >= 0.6 is 0 Å². The number of halogens is 3. The van der Waals surface area contributed by atoms with Crippen molar-refractivity contribution in [2.24, 2.45) is 0 Å². The van der Waals surface area contributed by atoms with Gasteiger partial charge in [0.25, 0.3) is 5.69 Å². The van der Waals surface area contributed by atoms with Crippen LogP contribution in [0.4, 0.5) is 18.9 Å². The van der Waals surface area contributed by atoms with Gasteiger partial charge in [-0.25, -0.2) is 0 Å². The van der Waals surface area contributed by atoms with Crippen molar-refractivity contribution < 1.29 is 27.6 Å². The Balaban J connectivity index is 2.71. The van der Waals surface area contributed by atoms with E-state index < -0.39 is 29.0 Å². The largest absolute Gasteiger partial charge is 0.493 e. The van der Waals surface area contributed by atoms with Gasteiger partial charge in [-0.3, -0.25) is 14.9 Å². The van der Waals surface area contributed by atoms with Crippen molar-refractivity contribution in [3.63, 3.8) is 0 Å². The summed E-state index contributed by atoms with van der Waals surface area (Å²) >= 11 is 0. The highest BCUT2D eigenvalue weighted by molar-refractivity contribution is 5.98. The normalized spacial score (nSPS) is 11.2. The molecular formula is C12H12F3NO4. The molecule has 0 unspecified atom stereocenters. The van der Waals surface area contributed by atoms with E-state index in [0.29, 0.717) is 0 Å². The zero-order valence-corrected chi connectivity index (χ0v) is 10.6. The maximum atomic E-state index is 11.9. The number of carbonyl (C=O) groups excluding carboxylic acids is 1. The van der Waals surface area contributed by atoms with Crippen molar-refractivity contribution in [1.82, 2.24) is 0 Å². The predicted octanol–water partition coefficient (Wildman–Crippen LogP) is 3.52. The van der Waals surface area contributed by atoms with Crippen LogP contribution in [0, 0.1) is 10.1 Å². The van der Waals surface area contributed by atoms with E-state index in [4.69, 9.17) is 4.74 Å². The summed E-state index contributed by atoms with van der Waals surface area (Å²) < 4.78 is 40.7. The number of Topliss-reactive ketones (excluding diaryl/α,β-unsaturated/α-hetero) is 1. The lowest BCUT2D eigenvalue weighted by molar-refractivity contribution is -0.385.